The fourth-order valence-corrected chi connectivity index (χ4v) is 1.72. The van der Waals surface area contributed by atoms with E-state index in [1.54, 1.807) is 23.0 Å². The van der Waals surface area contributed by atoms with Crippen LogP contribution in [0.1, 0.15) is 0 Å². The van der Waals surface area contributed by atoms with E-state index >= 15 is 0 Å². The molecule has 0 saturated heterocycles. The van der Waals surface area contributed by atoms with Crippen molar-refractivity contribution in [1.82, 2.24) is 24.3 Å². The molecule has 0 aliphatic carbocycles. The average Bonchev–Trinajstić information content (AvgIpc) is 2.89. The summed E-state index contributed by atoms with van der Waals surface area (Å²) in [6, 6.07) is 0. The number of hydrogen-bond donors (Lipinski definition) is 2. The van der Waals surface area contributed by atoms with E-state index in [9.17, 15) is 0 Å². The molecule has 0 spiro atoms. The Kier molecular flexibility index (Phi) is 1.85. The third-order valence-electron chi connectivity index (χ3n) is 2.48. The van der Waals surface area contributed by atoms with E-state index in [1.807, 2.05) is 0 Å². The van der Waals surface area contributed by atoms with Crippen LogP contribution in [0, 0.1) is 0 Å². The molecular formula is C9H8BN7. The largest absolute Gasteiger partial charge is 0.381 e. The van der Waals surface area contributed by atoms with Gasteiger partial charge < -0.3 is 16.0 Å². The maximum absolute atomic E-state index is 5.86. The minimum atomic E-state index is 0.325. The fraction of sp³-hybridized carbons (Fsp3) is 0. The summed E-state index contributed by atoms with van der Waals surface area (Å²) in [5.74, 6) is 5.83. The van der Waals surface area contributed by atoms with Crippen LogP contribution in [0.25, 0.3) is 16.9 Å². The highest BCUT2D eigenvalue weighted by molar-refractivity contribution is 6.31. The zero-order chi connectivity index (χ0) is 12.0. The van der Waals surface area contributed by atoms with Crippen molar-refractivity contribution in [3.8, 4) is 11.3 Å². The van der Waals surface area contributed by atoms with E-state index in [1.165, 1.54) is 11.0 Å². The van der Waals surface area contributed by atoms with Crippen molar-refractivity contribution in [3.05, 3.63) is 24.8 Å². The predicted molar refractivity (Wildman–Crippen MR) is 64.2 cm³/mol. The standard InChI is InChI=1S/C9H8BN7/c10-7-3-13-8(11)9-14-2-6(17(7)9)5-1-15-16(12)4-5/h1-4H,12H2,(H2,11,13). The van der Waals surface area contributed by atoms with Crippen LogP contribution in [0.4, 0.5) is 5.82 Å². The number of nitrogens with zero attached hydrogens (tertiary/aromatic N) is 5. The maximum Gasteiger partial charge on any atom is 0.179 e. The summed E-state index contributed by atoms with van der Waals surface area (Å²) in [6.45, 7) is 0. The average molecular weight is 225 g/mol. The van der Waals surface area contributed by atoms with E-state index in [0.717, 1.165) is 11.3 Å². The summed E-state index contributed by atoms with van der Waals surface area (Å²) in [4.78, 5) is 9.34. The molecule has 0 aliphatic heterocycles. The quantitative estimate of drug-likeness (QED) is 0.395. The molecule has 2 radical (unpaired) electrons. The van der Waals surface area contributed by atoms with Gasteiger partial charge in [-0.3, -0.25) is 0 Å². The monoisotopic (exact) mass is 225 g/mol. The predicted octanol–water partition coefficient (Wildman–Crippen LogP) is -1.32. The van der Waals surface area contributed by atoms with Crippen molar-refractivity contribution in [3.63, 3.8) is 0 Å². The first kappa shape index (κ1) is 9.70. The lowest BCUT2D eigenvalue weighted by Crippen LogP contribution is -2.17. The van der Waals surface area contributed by atoms with Crippen LogP contribution in [0.15, 0.2) is 24.8 Å². The van der Waals surface area contributed by atoms with Gasteiger partial charge in [0.2, 0.25) is 0 Å². The zero-order valence-corrected chi connectivity index (χ0v) is 8.78. The van der Waals surface area contributed by atoms with Crippen molar-refractivity contribution >= 4 is 24.9 Å². The number of nitrogen functional groups attached to an aromatic ring is 2. The molecule has 3 aromatic rings. The van der Waals surface area contributed by atoms with Crippen LogP contribution in [-0.4, -0.2) is 32.1 Å². The lowest BCUT2D eigenvalue weighted by atomic mass is 10.1. The second-order valence-corrected chi connectivity index (χ2v) is 3.58. The first-order valence-corrected chi connectivity index (χ1v) is 4.84. The molecule has 3 aromatic heterocycles. The van der Waals surface area contributed by atoms with Gasteiger partial charge >= 0.3 is 0 Å². The molecule has 8 heteroatoms. The highest BCUT2D eigenvalue weighted by Gasteiger charge is 2.11. The molecular weight excluding hydrogens is 217 g/mol. The molecule has 17 heavy (non-hydrogen) atoms. The van der Waals surface area contributed by atoms with E-state index < -0.39 is 0 Å². The third kappa shape index (κ3) is 1.34. The Labute approximate surface area is 97.5 Å². The molecule has 82 valence electrons. The first-order chi connectivity index (χ1) is 8.16. The maximum atomic E-state index is 5.86. The van der Waals surface area contributed by atoms with Crippen LogP contribution in [-0.2, 0) is 0 Å². The summed E-state index contributed by atoms with van der Waals surface area (Å²) < 4.78 is 1.71. The highest BCUT2D eigenvalue weighted by Crippen LogP contribution is 2.20. The summed E-state index contributed by atoms with van der Waals surface area (Å²) in [5.41, 5.74) is 8.26. The fourth-order valence-electron chi connectivity index (χ4n) is 1.72. The Hall–Kier alpha value is -2.51. The van der Waals surface area contributed by atoms with E-state index in [-0.39, 0.29) is 0 Å². The number of hydrogen-bond acceptors (Lipinski definition) is 5. The molecule has 3 heterocycles. The van der Waals surface area contributed by atoms with Gasteiger partial charge in [0, 0.05) is 11.8 Å². The Morgan fingerprint density at radius 2 is 2.00 bits per heavy atom. The summed E-state index contributed by atoms with van der Waals surface area (Å²) >= 11 is 0. The number of rotatable bonds is 1. The van der Waals surface area contributed by atoms with Crippen molar-refractivity contribution in [2.75, 3.05) is 11.6 Å². The number of aromatic nitrogens is 5. The molecule has 0 fully saturated rings. The van der Waals surface area contributed by atoms with Crippen molar-refractivity contribution < 1.29 is 0 Å². The molecule has 0 amide bonds. The van der Waals surface area contributed by atoms with E-state index in [4.69, 9.17) is 19.4 Å². The Morgan fingerprint density at radius 3 is 2.71 bits per heavy atom. The molecule has 0 saturated carbocycles. The van der Waals surface area contributed by atoms with Crippen LogP contribution >= 0.6 is 0 Å². The first-order valence-electron chi connectivity index (χ1n) is 4.84. The van der Waals surface area contributed by atoms with Crippen molar-refractivity contribution in [2.45, 2.75) is 0 Å². The zero-order valence-electron chi connectivity index (χ0n) is 8.78. The van der Waals surface area contributed by atoms with Gasteiger partial charge in [0.15, 0.2) is 11.5 Å². The summed E-state index contributed by atoms with van der Waals surface area (Å²) in [6.07, 6.45) is 6.43. The summed E-state index contributed by atoms with van der Waals surface area (Å²) in [5, 5.41) is 3.90. The van der Waals surface area contributed by atoms with Gasteiger partial charge in [-0.2, -0.15) is 9.89 Å². The van der Waals surface area contributed by atoms with Gasteiger partial charge in [-0.1, -0.05) is 0 Å². The minimum absolute atomic E-state index is 0.325. The third-order valence-corrected chi connectivity index (χ3v) is 2.48. The number of imidazole rings is 1. The second-order valence-electron chi connectivity index (χ2n) is 3.58. The number of nitrogens with two attached hydrogens (primary N) is 2. The van der Waals surface area contributed by atoms with Gasteiger partial charge in [-0.05, 0) is 5.59 Å². The molecule has 0 aliphatic rings. The Morgan fingerprint density at radius 1 is 1.18 bits per heavy atom. The smallest absolute Gasteiger partial charge is 0.179 e. The van der Waals surface area contributed by atoms with E-state index in [2.05, 4.69) is 15.1 Å². The molecule has 4 N–H and O–H groups in total. The topological polar surface area (TPSA) is 100 Å². The van der Waals surface area contributed by atoms with E-state index in [0.29, 0.717) is 17.1 Å². The van der Waals surface area contributed by atoms with Crippen molar-refractivity contribution in [2.24, 2.45) is 0 Å². The Bertz CT molecular complexity index is 699. The van der Waals surface area contributed by atoms with Gasteiger partial charge in [-0.25, -0.2) is 9.97 Å². The van der Waals surface area contributed by atoms with Crippen LogP contribution in [0.2, 0.25) is 0 Å². The highest BCUT2D eigenvalue weighted by atomic mass is 15.5. The molecule has 0 unspecified atom stereocenters. The number of fused-ring (bicyclic) bond motifs is 1. The minimum Gasteiger partial charge on any atom is -0.381 e. The SMILES string of the molecule is [B]c1cnc(N)c2ncc(-c3cnn(N)c3)n12. The molecule has 0 atom stereocenters. The van der Waals surface area contributed by atoms with Crippen LogP contribution < -0.4 is 17.2 Å². The Balaban J connectivity index is 2.35. The van der Waals surface area contributed by atoms with Gasteiger partial charge in [0.25, 0.3) is 0 Å². The molecule has 7 nitrogen and oxygen atoms in total. The van der Waals surface area contributed by atoms with Gasteiger partial charge in [0.1, 0.15) is 7.85 Å². The second kappa shape index (κ2) is 3.24. The molecule has 0 bridgehead atoms. The molecule has 0 aromatic carbocycles. The van der Waals surface area contributed by atoms with Crippen LogP contribution in [0.5, 0.6) is 0 Å². The molecule has 3 rings (SSSR count). The lowest BCUT2D eigenvalue weighted by molar-refractivity contribution is 0.832. The normalized spacial score (nSPS) is 11.1. The van der Waals surface area contributed by atoms with Gasteiger partial charge in [-0.15, -0.1) is 0 Å². The van der Waals surface area contributed by atoms with Crippen molar-refractivity contribution in [1.29, 1.82) is 0 Å². The van der Waals surface area contributed by atoms with Gasteiger partial charge in [0.05, 0.1) is 24.3 Å². The number of anilines is 1. The van der Waals surface area contributed by atoms with Crippen LogP contribution in [0.3, 0.4) is 0 Å². The summed E-state index contributed by atoms with van der Waals surface area (Å²) in [7, 11) is 5.86. The lowest BCUT2D eigenvalue weighted by Gasteiger charge is -2.04.